The van der Waals surface area contributed by atoms with E-state index >= 15 is 0 Å². The highest BCUT2D eigenvalue weighted by Gasteiger charge is 2.18. The molecule has 0 aliphatic heterocycles. The average Bonchev–Trinajstić information content (AvgIpc) is 3.09. The maximum absolute atomic E-state index is 4.57. The molecule has 2 aromatic carbocycles. The summed E-state index contributed by atoms with van der Waals surface area (Å²) in [6.45, 7) is 4.36. The van der Waals surface area contributed by atoms with E-state index in [0.717, 1.165) is 39.0 Å². The van der Waals surface area contributed by atoms with Gasteiger partial charge in [-0.3, -0.25) is 0 Å². The lowest BCUT2D eigenvalue weighted by atomic mass is 10.0. The Balaban J connectivity index is 1.85. The van der Waals surface area contributed by atoms with Gasteiger partial charge in [-0.1, -0.05) is 54.0 Å². The van der Waals surface area contributed by atoms with Crippen LogP contribution in [0.5, 0.6) is 0 Å². The first kappa shape index (κ1) is 18.1. The average molecular weight is 438 g/mol. The van der Waals surface area contributed by atoms with Crippen molar-refractivity contribution < 1.29 is 0 Å². The molecule has 0 atom stereocenters. The molecule has 0 aliphatic carbocycles. The third-order valence-corrected chi connectivity index (χ3v) is 6.41. The molecular formula is C22H20BrN3S. The van der Waals surface area contributed by atoms with Gasteiger partial charge in [0.25, 0.3) is 0 Å². The highest BCUT2D eigenvalue weighted by Crippen LogP contribution is 2.41. The first-order valence-electron chi connectivity index (χ1n) is 9.07. The Morgan fingerprint density at radius 3 is 2.33 bits per heavy atom. The van der Waals surface area contributed by atoms with E-state index in [1.165, 1.54) is 21.6 Å². The Morgan fingerprint density at radius 1 is 0.926 bits per heavy atom. The van der Waals surface area contributed by atoms with Crippen molar-refractivity contribution in [1.29, 1.82) is 0 Å². The largest absolute Gasteiger partial charge is 0.340 e. The third kappa shape index (κ3) is 3.62. The number of halogens is 1. The Morgan fingerprint density at radius 2 is 1.67 bits per heavy atom. The highest BCUT2D eigenvalue weighted by atomic mass is 79.9. The molecule has 5 heteroatoms. The predicted molar refractivity (Wildman–Crippen MR) is 119 cm³/mol. The van der Waals surface area contributed by atoms with Crippen molar-refractivity contribution in [2.24, 2.45) is 0 Å². The number of fused-ring (bicyclic) bond motifs is 1. The Kier molecular flexibility index (Phi) is 5.23. The van der Waals surface area contributed by atoms with Crippen molar-refractivity contribution in [3.05, 3.63) is 69.8 Å². The van der Waals surface area contributed by atoms with Crippen LogP contribution in [-0.2, 0) is 12.8 Å². The van der Waals surface area contributed by atoms with Crippen molar-refractivity contribution in [3.8, 4) is 11.1 Å². The molecule has 0 amide bonds. The van der Waals surface area contributed by atoms with Crippen LogP contribution in [0.1, 0.15) is 24.3 Å². The van der Waals surface area contributed by atoms with Gasteiger partial charge in [0.1, 0.15) is 17.0 Å². The maximum Gasteiger partial charge on any atom is 0.143 e. The third-order valence-electron chi connectivity index (χ3n) is 4.64. The number of hydrogen-bond acceptors (Lipinski definition) is 4. The van der Waals surface area contributed by atoms with Gasteiger partial charge in [0.2, 0.25) is 0 Å². The van der Waals surface area contributed by atoms with Crippen molar-refractivity contribution >= 4 is 49.0 Å². The number of nitrogens with one attached hydrogen (secondary N) is 1. The van der Waals surface area contributed by atoms with Crippen LogP contribution in [-0.4, -0.2) is 9.97 Å². The summed E-state index contributed by atoms with van der Waals surface area (Å²) in [6.07, 6.45) is 3.65. The first-order chi connectivity index (χ1) is 13.2. The Labute approximate surface area is 171 Å². The van der Waals surface area contributed by atoms with E-state index in [2.05, 4.69) is 93.6 Å². The minimum absolute atomic E-state index is 0.859. The summed E-state index contributed by atoms with van der Waals surface area (Å²) in [4.78, 5) is 11.5. The highest BCUT2D eigenvalue weighted by molar-refractivity contribution is 9.10. The summed E-state index contributed by atoms with van der Waals surface area (Å²) < 4.78 is 1.08. The van der Waals surface area contributed by atoms with Crippen LogP contribution >= 0.6 is 27.3 Å². The lowest BCUT2D eigenvalue weighted by Gasteiger charge is -2.10. The summed E-state index contributed by atoms with van der Waals surface area (Å²) >= 11 is 5.28. The lowest BCUT2D eigenvalue weighted by molar-refractivity contribution is 1.14. The first-order valence-corrected chi connectivity index (χ1v) is 10.7. The zero-order valence-corrected chi connectivity index (χ0v) is 17.7. The van der Waals surface area contributed by atoms with Crippen LogP contribution in [0.4, 0.5) is 11.5 Å². The number of aromatic nitrogens is 2. The van der Waals surface area contributed by atoms with Crippen LogP contribution in [0.15, 0.2) is 59.3 Å². The van der Waals surface area contributed by atoms with Crippen LogP contribution in [0.3, 0.4) is 0 Å². The maximum atomic E-state index is 4.57. The molecule has 0 fully saturated rings. The summed E-state index contributed by atoms with van der Waals surface area (Å²) in [5, 5.41) is 4.60. The van der Waals surface area contributed by atoms with Crippen molar-refractivity contribution in [3.63, 3.8) is 0 Å². The normalized spacial score (nSPS) is 11.1. The molecule has 0 unspecified atom stereocenters. The molecule has 0 bridgehead atoms. The summed E-state index contributed by atoms with van der Waals surface area (Å²) in [7, 11) is 0. The van der Waals surface area contributed by atoms with E-state index in [-0.39, 0.29) is 0 Å². The number of hydrogen-bond donors (Lipinski definition) is 1. The molecule has 0 saturated heterocycles. The molecule has 27 heavy (non-hydrogen) atoms. The van der Waals surface area contributed by atoms with Gasteiger partial charge < -0.3 is 5.32 Å². The van der Waals surface area contributed by atoms with Gasteiger partial charge in [-0.25, -0.2) is 9.97 Å². The molecule has 0 radical (unpaired) electrons. The molecule has 1 N–H and O–H groups in total. The second-order valence-corrected chi connectivity index (χ2v) is 8.34. The zero-order valence-electron chi connectivity index (χ0n) is 15.3. The van der Waals surface area contributed by atoms with Crippen LogP contribution in [0.2, 0.25) is 0 Å². The van der Waals surface area contributed by atoms with Crippen LogP contribution in [0, 0.1) is 0 Å². The fraction of sp³-hybridized carbons (Fsp3) is 0.182. The fourth-order valence-corrected chi connectivity index (χ4v) is 4.57. The van der Waals surface area contributed by atoms with Gasteiger partial charge in [0.15, 0.2) is 0 Å². The number of rotatable bonds is 5. The molecular weight excluding hydrogens is 418 g/mol. The smallest absolute Gasteiger partial charge is 0.143 e. The number of benzene rings is 2. The van der Waals surface area contributed by atoms with Crippen molar-refractivity contribution in [2.75, 3.05) is 5.32 Å². The fourth-order valence-electron chi connectivity index (χ4n) is 3.21. The molecule has 0 aliphatic rings. The molecule has 2 aromatic heterocycles. The molecule has 2 heterocycles. The Hall–Kier alpha value is -2.24. The van der Waals surface area contributed by atoms with Gasteiger partial charge in [-0.05, 0) is 48.2 Å². The molecule has 0 saturated carbocycles. The van der Waals surface area contributed by atoms with Gasteiger partial charge in [-0.15, -0.1) is 11.3 Å². The van der Waals surface area contributed by atoms with Crippen LogP contribution in [0.25, 0.3) is 21.3 Å². The summed E-state index contributed by atoms with van der Waals surface area (Å²) in [5.41, 5.74) is 4.80. The zero-order chi connectivity index (χ0) is 18.8. The molecule has 3 nitrogen and oxygen atoms in total. The molecule has 0 spiro atoms. The summed E-state index contributed by atoms with van der Waals surface area (Å²) in [6, 6.07) is 17.0. The van der Waals surface area contributed by atoms with E-state index < -0.39 is 0 Å². The minimum atomic E-state index is 0.859. The van der Waals surface area contributed by atoms with E-state index in [1.807, 2.05) is 0 Å². The second kappa shape index (κ2) is 7.79. The van der Waals surface area contributed by atoms with Gasteiger partial charge in [-0.2, -0.15) is 0 Å². The van der Waals surface area contributed by atoms with Crippen molar-refractivity contribution in [1.82, 2.24) is 9.97 Å². The number of nitrogens with zero attached hydrogens (tertiary/aromatic N) is 2. The predicted octanol–water partition coefficient (Wildman–Crippen LogP) is 6.99. The molecule has 4 rings (SSSR count). The van der Waals surface area contributed by atoms with E-state index in [1.54, 1.807) is 17.7 Å². The van der Waals surface area contributed by atoms with E-state index in [0.29, 0.717) is 0 Å². The van der Waals surface area contributed by atoms with Gasteiger partial charge in [0.05, 0.1) is 5.39 Å². The molecule has 136 valence electrons. The number of anilines is 2. The van der Waals surface area contributed by atoms with E-state index in [9.17, 15) is 0 Å². The quantitative estimate of drug-likeness (QED) is 0.365. The van der Waals surface area contributed by atoms with E-state index in [4.69, 9.17) is 0 Å². The second-order valence-electron chi connectivity index (χ2n) is 6.34. The molecule has 4 aromatic rings. The number of thiophene rings is 1. The minimum Gasteiger partial charge on any atom is -0.340 e. The van der Waals surface area contributed by atoms with Gasteiger partial charge in [0, 0.05) is 20.6 Å². The summed E-state index contributed by atoms with van der Waals surface area (Å²) in [5.74, 6) is 0.859. The van der Waals surface area contributed by atoms with Gasteiger partial charge >= 0.3 is 0 Å². The monoisotopic (exact) mass is 437 g/mol. The lowest BCUT2D eigenvalue weighted by Crippen LogP contribution is -1.96. The van der Waals surface area contributed by atoms with Crippen LogP contribution < -0.4 is 5.32 Å². The number of aryl methyl sites for hydroxylation is 2. The topological polar surface area (TPSA) is 37.8 Å². The standard InChI is InChI=1S/C22H20BrN3S/c1-3-14-5-11-17(12-6-14)26-21-20-19(15-7-9-16(23)10-8-15)18(4-2)27-22(20)25-13-24-21/h5-13H,3-4H2,1-2H3,(H,24,25,26). The SMILES string of the molecule is CCc1ccc(Nc2ncnc3sc(CC)c(-c4ccc(Br)cc4)c23)cc1. The Bertz CT molecular complexity index is 1070. The van der Waals surface area contributed by atoms with Crippen molar-refractivity contribution in [2.45, 2.75) is 26.7 Å².